The number of rotatable bonds is 4. The van der Waals surface area contributed by atoms with Crippen molar-refractivity contribution in [2.75, 3.05) is 13.4 Å². The van der Waals surface area contributed by atoms with Crippen molar-refractivity contribution in [3.63, 3.8) is 0 Å². The van der Waals surface area contributed by atoms with E-state index in [1.54, 1.807) is 18.0 Å². The predicted molar refractivity (Wildman–Crippen MR) is 96.8 cm³/mol. The van der Waals surface area contributed by atoms with Crippen LogP contribution in [-0.4, -0.2) is 36.6 Å². The fraction of sp³-hybridized carbons (Fsp3) is 0.143. The fourth-order valence-electron chi connectivity index (χ4n) is 1.55. The number of carbonyl (C=O) groups is 2. The molecule has 1 aliphatic rings. The number of halogens is 1. The lowest BCUT2D eigenvalue weighted by Gasteiger charge is -2.00. The highest BCUT2D eigenvalue weighted by Crippen LogP contribution is 2.26. The van der Waals surface area contributed by atoms with E-state index in [0.717, 1.165) is 32.8 Å². The molecule has 0 aromatic heterocycles. The number of benzene rings is 1. The third-order valence-electron chi connectivity index (χ3n) is 2.63. The lowest BCUT2D eigenvalue weighted by atomic mass is 10.2. The Balaban J connectivity index is 2.06. The Morgan fingerprint density at radius 2 is 2.26 bits per heavy atom. The monoisotopic (exact) mass is 413 g/mol. The molecule has 2 rings (SSSR count). The summed E-state index contributed by atoms with van der Waals surface area (Å²) in [6.07, 6.45) is 4.69. The van der Waals surface area contributed by atoms with Gasteiger partial charge in [-0.3, -0.25) is 10.1 Å². The van der Waals surface area contributed by atoms with Crippen molar-refractivity contribution in [2.45, 2.75) is 4.90 Å². The molecule has 120 valence electrons. The average Bonchev–Trinajstić information content (AvgIpc) is 2.87. The molecule has 0 aliphatic carbocycles. The largest absolute Gasteiger partial charge is 0.466 e. The number of amidine groups is 1. The number of nitrogens with one attached hydrogen (secondary N) is 1. The van der Waals surface area contributed by atoms with E-state index >= 15 is 0 Å². The number of methoxy groups -OCH3 is 1. The number of ether oxygens (including phenoxy) is 1. The number of esters is 1. The minimum absolute atomic E-state index is 0.220. The summed E-state index contributed by atoms with van der Waals surface area (Å²) in [5.41, 5.74) is 0.874. The van der Waals surface area contributed by atoms with Crippen LogP contribution in [0.3, 0.4) is 0 Å². The lowest BCUT2D eigenvalue weighted by Crippen LogP contribution is -2.19. The third-order valence-corrected chi connectivity index (χ3v) is 5.25. The molecule has 0 spiro atoms. The van der Waals surface area contributed by atoms with Gasteiger partial charge in [-0.25, -0.2) is 4.79 Å². The SMILES string of the molecule is COC(=O)/C=C1/S/C(=N\N=Cc2ccc(SC)c(Br)c2)NC1=O. The topological polar surface area (TPSA) is 80.1 Å². The van der Waals surface area contributed by atoms with Crippen LogP contribution in [0.5, 0.6) is 0 Å². The summed E-state index contributed by atoms with van der Waals surface area (Å²) in [7, 11) is 1.25. The van der Waals surface area contributed by atoms with Gasteiger partial charge in [-0.05, 0) is 51.6 Å². The van der Waals surface area contributed by atoms with Crippen molar-refractivity contribution in [1.82, 2.24) is 5.32 Å². The Bertz CT molecular complexity index is 732. The van der Waals surface area contributed by atoms with Crippen LogP contribution in [0.4, 0.5) is 0 Å². The zero-order valence-electron chi connectivity index (χ0n) is 12.2. The van der Waals surface area contributed by atoms with Crippen molar-refractivity contribution in [3.05, 3.63) is 39.2 Å². The van der Waals surface area contributed by atoms with Gasteiger partial charge in [-0.2, -0.15) is 5.10 Å². The Morgan fingerprint density at radius 1 is 1.48 bits per heavy atom. The third kappa shape index (κ3) is 4.95. The smallest absolute Gasteiger partial charge is 0.331 e. The normalized spacial score (nSPS) is 18.0. The highest BCUT2D eigenvalue weighted by molar-refractivity contribution is 9.10. The van der Waals surface area contributed by atoms with E-state index in [2.05, 4.69) is 36.2 Å². The summed E-state index contributed by atoms with van der Waals surface area (Å²) in [6.45, 7) is 0. The summed E-state index contributed by atoms with van der Waals surface area (Å²) in [4.78, 5) is 24.1. The molecular weight excluding hydrogens is 402 g/mol. The fourth-order valence-corrected chi connectivity index (χ4v) is 3.63. The van der Waals surface area contributed by atoms with Crippen LogP contribution < -0.4 is 5.32 Å². The van der Waals surface area contributed by atoms with E-state index in [1.807, 2.05) is 24.5 Å². The molecule has 0 radical (unpaired) electrons. The molecular formula is C14H12BrN3O3S2. The van der Waals surface area contributed by atoms with Crippen LogP contribution in [0.15, 0.2) is 48.8 Å². The zero-order valence-corrected chi connectivity index (χ0v) is 15.4. The van der Waals surface area contributed by atoms with Crippen molar-refractivity contribution in [3.8, 4) is 0 Å². The first-order chi connectivity index (χ1) is 11.0. The molecule has 1 aromatic carbocycles. The molecule has 1 saturated heterocycles. The number of hydrogen-bond donors (Lipinski definition) is 1. The van der Waals surface area contributed by atoms with Gasteiger partial charge in [0.05, 0.1) is 18.2 Å². The molecule has 1 aromatic rings. The molecule has 0 saturated carbocycles. The summed E-state index contributed by atoms with van der Waals surface area (Å²) in [6, 6.07) is 5.83. The quantitative estimate of drug-likeness (QED) is 0.270. The Hall–Kier alpha value is -1.58. The van der Waals surface area contributed by atoms with Gasteiger partial charge in [-0.1, -0.05) is 6.07 Å². The van der Waals surface area contributed by atoms with Crippen LogP contribution in [0.1, 0.15) is 5.56 Å². The standard InChI is InChI=1S/C14H12BrN3O3S2/c1-21-12(19)6-11-13(20)17-14(23-11)18-16-7-8-3-4-10(22-2)9(15)5-8/h3-7H,1-2H3,(H,17,18,20)/b11-6+,16-7?. The summed E-state index contributed by atoms with van der Waals surface area (Å²) in [5, 5.41) is 10.7. The van der Waals surface area contributed by atoms with E-state index in [0.29, 0.717) is 5.17 Å². The van der Waals surface area contributed by atoms with Crippen LogP contribution in [0.25, 0.3) is 0 Å². The molecule has 0 atom stereocenters. The van der Waals surface area contributed by atoms with Gasteiger partial charge in [0.15, 0.2) is 5.17 Å². The Kier molecular flexibility index (Phi) is 6.43. The molecule has 23 heavy (non-hydrogen) atoms. The van der Waals surface area contributed by atoms with E-state index in [9.17, 15) is 9.59 Å². The first-order valence-corrected chi connectivity index (χ1v) is 9.10. The van der Waals surface area contributed by atoms with Crippen LogP contribution >= 0.6 is 39.5 Å². The van der Waals surface area contributed by atoms with Gasteiger partial charge in [0.25, 0.3) is 5.91 Å². The van der Waals surface area contributed by atoms with Crippen molar-refractivity contribution < 1.29 is 14.3 Å². The van der Waals surface area contributed by atoms with Gasteiger partial charge in [0, 0.05) is 15.4 Å². The van der Waals surface area contributed by atoms with Gasteiger partial charge < -0.3 is 4.74 Å². The molecule has 1 N–H and O–H groups in total. The highest BCUT2D eigenvalue weighted by atomic mass is 79.9. The van der Waals surface area contributed by atoms with E-state index in [4.69, 9.17) is 0 Å². The Morgan fingerprint density at radius 3 is 2.91 bits per heavy atom. The second-order valence-electron chi connectivity index (χ2n) is 4.13. The first kappa shape index (κ1) is 17.8. The summed E-state index contributed by atoms with van der Waals surface area (Å²) >= 11 is 6.15. The second kappa shape index (κ2) is 8.32. The van der Waals surface area contributed by atoms with Crippen LogP contribution in [0, 0.1) is 0 Å². The number of nitrogens with zero attached hydrogens (tertiary/aromatic N) is 2. The van der Waals surface area contributed by atoms with Gasteiger partial charge in [0.2, 0.25) is 0 Å². The second-order valence-corrected chi connectivity index (χ2v) is 6.86. The molecule has 9 heteroatoms. The van der Waals surface area contributed by atoms with Crippen LogP contribution in [-0.2, 0) is 14.3 Å². The van der Waals surface area contributed by atoms with E-state index in [-0.39, 0.29) is 4.91 Å². The molecule has 0 unspecified atom stereocenters. The molecule has 6 nitrogen and oxygen atoms in total. The maximum absolute atomic E-state index is 11.6. The molecule has 0 bridgehead atoms. The van der Waals surface area contributed by atoms with E-state index < -0.39 is 11.9 Å². The van der Waals surface area contributed by atoms with Crippen LogP contribution in [0.2, 0.25) is 0 Å². The van der Waals surface area contributed by atoms with Gasteiger partial charge in [0.1, 0.15) is 0 Å². The molecule has 1 fully saturated rings. The number of hydrogen-bond acceptors (Lipinski definition) is 7. The summed E-state index contributed by atoms with van der Waals surface area (Å²) in [5.74, 6) is -0.993. The number of carbonyl (C=O) groups excluding carboxylic acids is 2. The van der Waals surface area contributed by atoms with Crippen molar-refractivity contribution >= 4 is 62.7 Å². The minimum atomic E-state index is -0.592. The van der Waals surface area contributed by atoms with E-state index in [1.165, 1.54) is 7.11 Å². The minimum Gasteiger partial charge on any atom is -0.466 e. The Labute approximate surface area is 150 Å². The lowest BCUT2D eigenvalue weighted by molar-refractivity contribution is -0.135. The first-order valence-electron chi connectivity index (χ1n) is 6.27. The van der Waals surface area contributed by atoms with Crippen molar-refractivity contribution in [1.29, 1.82) is 0 Å². The molecule has 1 aliphatic heterocycles. The van der Waals surface area contributed by atoms with Crippen molar-refractivity contribution in [2.24, 2.45) is 10.2 Å². The predicted octanol–water partition coefficient (Wildman–Crippen LogP) is 2.78. The maximum atomic E-state index is 11.6. The number of thioether (sulfide) groups is 2. The van der Waals surface area contributed by atoms with Gasteiger partial charge >= 0.3 is 5.97 Å². The highest BCUT2D eigenvalue weighted by Gasteiger charge is 2.24. The molecule has 1 heterocycles. The average molecular weight is 414 g/mol. The van der Waals surface area contributed by atoms with Gasteiger partial charge in [-0.15, -0.1) is 16.9 Å². The maximum Gasteiger partial charge on any atom is 0.331 e. The number of amides is 1. The summed E-state index contributed by atoms with van der Waals surface area (Å²) < 4.78 is 5.46. The molecule has 1 amide bonds. The zero-order chi connectivity index (χ0) is 16.8.